The molecule has 2 heterocycles. The largest absolute Gasteiger partial charge is 0.371 e. The van der Waals surface area contributed by atoms with E-state index in [9.17, 15) is 0 Å². The van der Waals surface area contributed by atoms with E-state index in [2.05, 4.69) is 24.0 Å². The highest BCUT2D eigenvalue weighted by Gasteiger charge is 2.25. The molecule has 1 atom stereocenters. The third-order valence-corrected chi connectivity index (χ3v) is 4.60. The van der Waals surface area contributed by atoms with Gasteiger partial charge in [-0.05, 0) is 61.3 Å². The van der Waals surface area contributed by atoms with Crippen LogP contribution in [0.25, 0.3) is 0 Å². The number of anilines is 1. The van der Waals surface area contributed by atoms with Crippen molar-refractivity contribution in [2.75, 3.05) is 24.5 Å². The molecule has 0 aliphatic carbocycles. The lowest BCUT2D eigenvalue weighted by Crippen LogP contribution is -2.34. The van der Waals surface area contributed by atoms with Crippen LogP contribution in [0.4, 0.5) is 5.69 Å². The maximum atomic E-state index is 5.91. The molecule has 2 aliphatic rings. The van der Waals surface area contributed by atoms with Crippen LogP contribution in [0.1, 0.15) is 48.8 Å². The standard InChI is InChI=1S/C16H24N2/c1-2-12(11-17)15-9-13-5-3-7-18-8-4-6-14(10-15)16(13)18/h9-10,12H,2-8,11,17H2,1H3. The van der Waals surface area contributed by atoms with Crippen LogP contribution >= 0.6 is 0 Å². The van der Waals surface area contributed by atoms with Crippen molar-refractivity contribution in [3.05, 3.63) is 28.8 Å². The Hall–Kier alpha value is -1.02. The molecule has 0 aromatic heterocycles. The highest BCUT2D eigenvalue weighted by molar-refractivity contribution is 5.64. The summed E-state index contributed by atoms with van der Waals surface area (Å²) in [5.74, 6) is 0.545. The molecule has 0 fully saturated rings. The lowest BCUT2D eigenvalue weighted by atomic mass is 9.86. The number of rotatable bonds is 3. The number of nitrogens with zero attached hydrogens (tertiary/aromatic N) is 1. The zero-order chi connectivity index (χ0) is 12.5. The average Bonchev–Trinajstić information content (AvgIpc) is 2.41. The van der Waals surface area contributed by atoms with Gasteiger partial charge in [0.25, 0.3) is 0 Å². The van der Waals surface area contributed by atoms with Gasteiger partial charge in [-0.2, -0.15) is 0 Å². The Morgan fingerprint density at radius 3 is 2.28 bits per heavy atom. The van der Waals surface area contributed by atoms with Crippen molar-refractivity contribution in [2.45, 2.75) is 44.9 Å². The normalized spacial score (nSPS) is 19.6. The van der Waals surface area contributed by atoms with Crippen molar-refractivity contribution in [1.29, 1.82) is 0 Å². The van der Waals surface area contributed by atoms with Crippen molar-refractivity contribution >= 4 is 5.69 Å². The molecule has 2 nitrogen and oxygen atoms in total. The maximum absolute atomic E-state index is 5.91. The predicted octanol–water partition coefficient (Wildman–Crippen LogP) is 2.84. The fourth-order valence-electron chi connectivity index (χ4n) is 3.60. The summed E-state index contributed by atoms with van der Waals surface area (Å²) in [6.45, 7) is 5.54. The third-order valence-electron chi connectivity index (χ3n) is 4.60. The summed E-state index contributed by atoms with van der Waals surface area (Å²) in [6.07, 6.45) is 6.30. The molecule has 3 rings (SSSR count). The molecule has 0 saturated carbocycles. The molecule has 2 heteroatoms. The summed E-state index contributed by atoms with van der Waals surface area (Å²) >= 11 is 0. The van der Waals surface area contributed by atoms with Crippen LogP contribution in [0.5, 0.6) is 0 Å². The molecule has 0 spiro atoms. The van der Waals surface area contributed by atoms with Gasteiger partial charge in [-0.3, -0.25) is 0 Å². The predicted molar refractivity (Wildman–Crippen MR) is 77.4 cm³/mol. The SMILES string of the molecule is CCC(CN)c1cc2c3c(c1)CCCN3CCC2. The van der Waals surface area contributed by atoms with Crippen molar-refractivity contribution in [1.82, 2.24) is 0 Å². The molecule has 18 heavy (non-hydrogen) atoms. The lowest BCUT2D eigenvalue weighted by Gasteiger charge is -2.37. The quantitative estimate of drug-likeness (QED) is 0.886. The summed E-state index contributed by atoms with van der Waals surface area (Å²) in [4.78, 5) is 2.60. The molecule has 1 aromatic rings. The van der Waals surface area contributed by atoms with Crippen molar-refractivity contribution in [3.63, 3.8) is 0 Å². The molecular weight excluding hydrogens is 220 g/mol. The minimum absolute atomic E-state index is 0.545. The smallest absolute Gasteiger partial charge is 0.0431 e. The maximum Gasteiger partial charge on any atom is 0.0431 e. The second kappa shape index (κ2) is 4.93. The molecule has 2 N–H and O–H groups in total. The van der Waals surface area contributed by atoms with Crippen molar-refractivity contribution < 1.29 is 0 Å². The van der Waals surface area contributed by atoms with Crippen LogP contribution in [0.2, 0.25) is 0 Å². The number of benzene rings is 1. The second-order valence-corrected chi connectivity index (χ2v) is 5.72. The summed E-state index contributed by atoms with van der Waals surface area (Å²) in [6, 6.07) is 4.88. The summed E-state index contributed by atoms with van der Waals surface area (Å²) in [5, 5.41) is 0. The van der Waals surface area contributed by atoms with E-state index < -0.39 is 0 Å². The van der Waals surface area contributed by atoms with E-state index in [0.29, 0.717) is 5.92 Å². The van der Waals surface area contributed by atoms with E-state index >= 15 is 0 Å². The Labute approximate surface area is 110 Å². The molecule has 0 saturated heterocycles. The molecule has 2 aliphatic heterocycles. The van der Waals surface area contributed by atoms with Gasteiger partial charge in [0.1, 0.15) is 0 Å². The van der Waals surface area contributed by atoms with Crippen LogP contribution < -0.4 is 10.6 Å². The number of nitrogens with two attached hydrogens (primary N) is 1. The molecular formula is C16H24N2. The van der Waals surface area contributed by atoms with E-state index in [0.717, 1.165) is 13.0 Å². The fraction of sp³-hybridized carbons (Fsp3) is 0.625. The molecule has 98 valence electrons. The van der Waals surface area contributed by atoms with Crippen LogP contribution in [-0.4, -0.2) is 19.6 Å². The van der Waals surface area contributed by atoms with Gasteiger partial charge in [0.05, 0.1) is 0 Å². The number of aryl methyl sites for hydroxylation is 2. The Morgan fingerprint density at radius 1 is 1.17 bits per heavy atom. The topological polar surface area (TPSA) is 29.3 Å². The van der Waals surface area contributed by atoms with Crippen LogP contribution in [0, 0.1) is 0 Å². The van der Waals surface area contributed by atoms with Gasteiger partial charge in [-0.15, -0.1) is 0 Å². The van der Waals surface area contributed by atoms with Crippen molar-refractivity contribution in [2.24, 2.45) is 5.73 Å². The van der Waals surface area contributed by atoms with E-state index in [1.807, 2.05) is 0 Å². The lowest BCUT2D eigenvalue weighted by molar-refractivity contribution is 0.624. The van der Waals surface area contributed by atoms with Crippen LogP contribution in [0.3, 0.4) is 0 Å². The van der Waals surface area contributed by atoms with Gasteiger partial charge in [-0.25, -0.2) is 0 Å². The van der Waals surface area contributed by atoms with Gasteiger partial charge < -0.3 is 10.6 Å². The Morgan fingerprint density at radius 2 is 1.78 bits per heavy atom. The van der Waals surface area contributed by atoms with Crippen LogP contribution in [-0.2, 0) is 12.8 Å². The molecule has 1 aromatic carbocycles. The highest BCUT2D eigenvalue weighted by Crippen LogP contribution is 2.37. The van der Waals surface area contributed by atoms with Crippen LogP contribution in [0.15, 0.2) is 12.1 Å². The van der Waals surface area contributed by atoms with E-state index in [1.54, 1.807) is 16.8 Å². The van der Waals surface area contributed by atoms with Crippen molar-refractivity contribution in [3.8, 4) is 0 Å². The van der Waals surface area contributed by atoms with E-state index in [4.69, 9.17) is 5.73 Å². The minimum Gasteiger partial charge on any atom is -0.371 e. The third kappa shape index (κ3) is 1.93. The number of hydrogen-bond acceptors (Lipinski definition) is 2. The molecule has 0 amide bonds. The minimum atomic E-state index is 0.545. The molecule has 0 bridgehead atoms. The monoisotopic (exact) mass is 244 g/mol. The Bertz CT molecular complexity index is 404. The average molecular weight is 244 g/mol. The summed E-state index contributed by atoms with van der Waals surface area (Å²) in [5.41, 5.74) is 12.1. The van der Waals surface area contributed by atoms with Gasteiger partial charge in [0, 0.05) is 18.8 Å². The zero-order valence-corrected chi connectivity index (χ0v) is 11.4. The summed E-state index contributed by atoms with van der Waals surface area (Å²) in [7, 11) is 0. The zero-order valence-electron chi connectivity index (χ0n) is 11.4. The highest BCUT2D eigenvalue weighted by atomic mass is 15.1. The van der Waals surface area contributed by atoms with Gasteiger partial charge in [0.2, 0.25) is 0 Å². The van der Waals surface area contributed by atoms with E-state index in [1.165, 1.54) is 44.3 Å². The molecule has 1 unspecified atom stereocenters. The van der Waals surface area contributed by atoms with E-state index in [-0.39, 0.29) is 0 Å². The first-order valence-electron chi connectivity index (χ1n) is 7.44. The first-order chi connectivity index (χ1) is 8.83. The molecule has 0 radical (unpaired) electrons. The second-order valence-electron chi connectivity index (χ2n) is 5.72. The number of hydrogen-bond donors (Lipinski definition) is 1. The Balaban J connectivity index is 2.05. The first-order valence-corrected chi connectivity index (χ1v) is 7.44. The Kier molecular flexibility index (Phi) is 3.29. The summed E-state index contributed by atoms with van der Waals surface area (Å²) < 4.78 is 0. The van der Waals surface area contributed by atoms with Gasteiger partial charge in [0.15, 0.2) is 0 Å². The fourth-order valence-corrected chi connectivity index (χ4v) is 3.60. The van der Waals surface area contributed by atoms with Gasteiger partial charge >= 0.3 is 0 Å². The van der Waals surface area contributed by atoms with Gasteiger partial charge in [-0.1, -0.05) is 19.1 Å². The first kappa shape index (κ1) is 12.0.